The zero-order chi connectivity index (χ0) is 18.4. The predicted molar refractivity (Wildman–Crippen MR) is 82.9 cm³/mol. The van der Waals surface area contributed by atoms with Crippen molar-refractivity contribution >= 4 is 17.5 Å². The van der Waals surface area contributed by atoms with Crippen LogP contribution in [0.2, 0.25) is 0 Å². The van der Waals surface area contributed by atoms with Gasteiger partial charge in [-0.2, -0.15) is 0 Å². The van der Waals surface area contributed by atoms with Crippen molar-refractivity contribution in [3.63, 3.8) is 0 Å². The van der Waals surface area contributed by atoms with Crippen LogP contribution in [0.3, 0.4) is 0 Å². The van der Waals surface area contributed by atoms with Crippen LogP contribution < -0.4 is 10.6 Å². The lowest BCUT2D eigenvalue weighted by atomic mass is 10.2. The van der Waals surface area contributed by atoms with Gasteiger partial charge in [0.05, 0.1) is 11.3 Å². The molecular formula is C17H14F4N2O2. The summed E-state index contributed by atoms with van der Waals surface area (Å²) in [4.78, 5) is 23.4. The van der Waals surface area contributed by atoms with Gasteiger partial charge in [0.25, 0.3) is 5.91 Å². The van der Waals surface area contributed by atoms with E-state index in [1.807, 2.05) is 0 Å². The molecule has 0 spiro atoms. The first-order valence-corrected chi connectivity index (χ1v) is 7.35. The number of amides is 2. The van der Waals surface area contributed by atoms with Crippen molar-refractivity contribution in [1.82, 2.24) is 5.32 Å². The molecule has 0 aromatic heterocycles. The number of nitrogens with one attached hydrogen (secondary N) is 2. The first-order chi connectivity index (χ1) is 11.9. The minimum atomic E-state index is -0.989. The summed E-state index contributed by atoms with van der Waals surface area (Å²) >= 11 is 0. The van der Waals surface area contributed by atoms with Gasteiger partial charge in [0.15, 0.2) is 0 Å². The van der Waals surface area contributed by atoms with E-state index in [0.29, 0.717) is 6.07 Å². The SMILES string of the molecule is O=C(CCCNC(=O)c1ccc(F)cc1F)Nc1cc(F)ccc1F. The van der Waals surface area contributed by atoms with E-state index in [2.05, 4.69) is 10.6 Å². The normalized spacial score (nSPS) is 10.4. The number of carbonyl (C=O) groups is 2. The summed E-state index contributed by atoms with van der Waals surface area (Å²) in [5, 5.41) is 4.60. The maximum atomic E-state index is 13.4. The Morgan fingerprint density at radius 3 is 2.28 bits per heavy atom. The monoisotopic (exact) mass is 354 g/mol. The second-order valence-corrected chi connectivity index (χ2v) is 5.16. The van der Waals surface area contributed by atoms with Crippen molar-refractivity contribution in [3.8, 4) is 0 Å². The van der Waals surface area contributed by atoms with Crippen molar-refractivity contribution in [2.75, 3.05) is 11.9 Å². The second-order valence-electron chi connectivity index (χ2n) is 5.16. The maximum Gasteiger partial charge on any atom is 0.254 e. The molecule has 0 saturated carbocycles. The highest BCUT2D eigenvalue weighted by atomic mass is 19.1. The molecule has 0 unspecified atom stereocenters. The number of hydrogen-bond donors (Lipinski definition) is 2. The number of rotatable bonds is 6. The summed E-state index contributed by atoms with van der Waals surface area (Å²) in [7, 11) is 0. The predicted octanol–water partition coefficient (Wildman–Crippen LogP) is 3.39. The van der Waals surface area contributed by atoms with E-state index in [1.165, 1.54) is 0 Å². The molecule has 0 heterocycles. The van der Waals surface area contributed by atoms with Gasteiger partial charge in [0.2, 0.25) is 5.91 Å². The number of hydrogen-bond acceptors (Lipinski definition) is 2. The number of benzene rings is 2. The highest BCUT2D eigenvalue weighted by Gasteiger charge is 2.12. The van der Waals surface area contributed by atoms with Gasteiger partial charge >= 0.3 is 0 Å². The van der Waals surface area contributed by atoms with E-state index in [0.717, 1.165) is 30.3 Å². The lowest BCUT2D eigenvalue weighted by molar-refractivity contribution is -0.116. The minimum absolute atomic E-state index is 0.0503. The zero-order valence-corrected chi connectivity index (χ0v) is 12.9. The van der Waals surface area contributed by atoms with Crippen molar-refractivity contribution < 1.29 is 27.2 Å². The molecule has 8 heteroatoms. The van der Waals surface area contributed by atoms with Crippen LogP contribution in [0.4, 0.5) is 23.2 Å². The Labute approximate surface area is 140 Å². The van der Waals surface area contributed by atoms with E-state index < -0.39 is 35.1 Å². The van der Waals surface area contributed by atoms with Gasteiger partial charge in [0, 0.05) is 25.1 Å². The van der Waals surface area contributed by atoms with Crippen molar-refractivity contribution in [3.05, 3.63) is 65.2 Å². The maximum absolute atomic E-state index is 13.4. The zero-order valence-electron chi connectivity index (χ0n) is 12.9. The van der Waals surface area contributed by atoms with Gasteiger partial charge in [-0.05, 0) is 30.7 Å². The molecule has 0 atom stereocenters. The van der Waals surface area contributed by atoms with Crippen LogP contribution in [0.5, 0.6) is 0 Å². The summed E-state index contributed by atoms with van der Waals surface area (Å²) in [6.45, 7) is 0.0503. The van der Waals surface area contributed by atoms with Crippen molar-refractivity contribution in [2.24, 2.45) is 0 Å². The first-order valence-electron chi connectivity index (χ1n) is 7.35. The molecule has 2 N–H and O–H groups in total. The molecule has 2 aromatic rings. The van der Waals surface area contributed by atoms with E-state index in [4.69, 9.17) is 0 Å². The van der Waals surface area contributed by atoms with Crippen molar-refractivity contribution in [2.45, 2.75) is 12.8 Å². The molecule has 4 nitrogen and oxygen atoms in total. The van der Waals surface area contributed by atoms with Gasteiger partial charge in [-0.3, -0.25) is 9.59 Å². The van der Waals surface area contributed by atoms with Crippen LogP contribution in [0.15, 0.2) is 36.4 Å². The van der Waals surface area contributed by atoms with Crippen LogP contribution >= 0.6 is 0 Å². The average molecular weight is 354 g/mol. The van der Waals surface area contributed by atoms with Crippen LogP contribution in [0.25, 0.3) is 0 Å². The first kappa shape index (κ1) is 18.4. The smallest absolute Gasteiger partial charge is 0.254 e. The third-order valence-electron chi connectivity index (χ3n) is 3.24. The molecule has 0 aliphatic heterocycles. The summed E-state index contributed by atoms with van der Waals surface area (Å²) in [6, 6.07) is 5.23. The molecule has 25 heavy (non-hydrogen) atoms. The minimum Gasteiger partial charge on any atom is -0.352 e. The number of anilines is 1. The fourth-order valence-corrected chi connectivity index (χ4v) is 2.03. The molecule has 2 amide bonds. The fourth-order valence-electron chi connectivity index (χ4n) is 2.03. The van der Waals surface area contributed by atoms with Gasteiger partial charge in [-0.15, -0.1) is 0 Å². The fraction of sp³-hybridized carbons (Fsp3) is 0.176. The number of halogens is 4. The molecule has 0 aliphatic rings. The van der Waals surface area contributed by atoms with Crippen LogP contribution in [-0.4, -0.2) is 18.4 Å². The summed E-state index contributed by atoms with van der Waals surface area (Å²) in [6.07, 6.45) is 0.124. The number of carbonyl (C=O) groups excluding carboxylic acids is 2. The van der Waals surface area contributed by atoms with Crippen LogP contribution in [0, 0.1) is 23.3 Å². The van der Waals surface area contributed by atoms with E-state index in [1.54, 1.807) is 0 Å². The van der Waals surface area contributed by atoms with E-state index in [9.17, 15) is 27.2 Å². The van der Waals surface area contributed by atoms with Gasteiger partial charge in [0.1, 0.15) is 23.3 Å². The third kappa shape index (κ3) is 5.30. The Hall–Kier alpha value is -2.90. The highest BCUT2D eigenvalue weighted by molar-refractivity contribution is 5.94. The molecule has 0 bridgehead atoms. The second kappa shape index (κ2) is 8.27. The molecule has 0 radical (unpaired) electrons. The summed E-state index contributed by atoms with van der Waals surface area (Å²) in [5.41, 5.74) is -0.588. The Morgan fingerprint density at radius 2 is 1.56 bits per heavy atom. The Kier molecular flexibility index (Phi) is 6.10. The Morgan fingerprint density at radius 1 is 0.880 bits per heavy atom. The molecule has 2 rings (SSSR count). The lowest BCUT2D eigenvalue weighted by Gasteiger charge is -2.08. The molecular weight excluding hydrogens is 340 g/mol. The Bertz CT molecular complexity index is 796. The molecule has 0 aliphatic carbocycles. The average Bonchev–Trinajstić information content (AvgIpc) is 2.55. The van der Waals surface area contributed by atoms with Gasteiger partial charge in [-0.25, -0.2) is 17.6 Å². The van der Waals surface area contributed by atoms with Crippen LogP contribution in [-0.2, 0) is 4.79 Å². The van der Waals surface area contributed by atoms with Crippen molar-refractivity contribution in [1.29, 1.82) is 0 Å². The molecule has 0 fully saturated rings. The topological polar surface area (TPSA) is 58.2 Å². The standard InChI is InChI=1S/C17H14F4N2O2/c18-10-3-5-12(14(21)8-10)17(25)22-7-1-2-16(24)23-15-9-11(19)4-6-13(15)20/h3-6,8-9H,1-2,7H2,(H,22,25)(H,23,24). The van der Waals surface area contributed by atoms with E-state index in [-0.39, 0.29) is 30.6 Å². The van der Waals surface area contributed by atoms with Gasteiger partial charge < -0.3 is 10.6 Å². The summed E-state index contributed by atoms with van der Waals surface area (Å²) in [5.74, 6) is -4.55. The molecule has 132 valence electrons. The Balaban J connectivity index is 1.77. The van der Waals surface area contributed by atoms with Gasteiger partial charge in [-0.1, -0.05) is 0 Å². The largest absolute Gasteiger partial charge is 0.352 e. The van der Waals surface area contributed by atoms with E-state index >= 15 is 0 Å². The highest BCUT2D eigenvalue weighted by Crippen LogP contribution is 2.15. The quantitative estimate of drug-likeness (QED) is 0.617. The molecule has 0 saturated heterocycles. The third-order valence-corrected chi connectivity index (χ3v) is 3.24. The van der Waals surface area contributed by atoms with Crippen LogP contribution in [0.1, 0.15) is 23.2 Å². The molecule has 2 aromatic carbocycles. The summed E-state index contributed by atoms with van der Waals surface area (Å²) < 4.78 is 52.6. The lowest BCUT2D eigenvalue weighted by Crippen LogP contribution is -2.26.